The maximum atomic E-state index is 6.99. The first-order chi connectivity index (χ1) is 14.4. The third kappa shape index (κ3) is 3.77. The van der Waals surface area contributed by atoms with E-state index in [-0.39, 0.29) is 29.5 Å². The lowest BCUT2D eigenvalue weighted by molar-refractivity contribution is -0.198. The number of rotatable bonds is 8. The van der Waals surface area contributed by atoms with Crippen molar-refractivity contribution in [3.63, 3.8) is 0 Å². The normalized spacial score (nSPS) is 26.1. The molecule has 0 aromatic heterocycles. The van der Waals surface area contributed by atoms with Crippen molar-refractivity contribution in [3.8, 4) is 0 Å². The van der Waals surface area contributed by atoms with Crippen LogP contribution in [0, 0.1) is 0 Å². The standard InChI is InChI=1S/C24H32O5Si/c1-24(2,3)30(17-12-8-6-9-13-17,18-14-10-7-11-15-18)27-16-19-20-21(29-20)22(28-19)23(25-4)26-5/h6-15,19-23H,16H2,1-5H3/t19-,20+,21+,22+/m0/s1. The van der Waals surface area contributed by atoms with Gasteiger partial charge in [0.15, 0.2) is 6.29 Å². The molecule has 2 fully saturated rings. The van der Waals surface area contributed by atoms with E-state index in [0.29, 0.717) is 6.61 Å². The molecule has 4 rings (SSSR count). The van der Waals surface area contributed by atoms with Crippen molar-refractivity contribution >= 4 is 18.7 Å². The van der Waals surface area contributed by atoms with Crippen LogP contribution in [-0.4, -0.2) is 59.8 Å². The molecular weight excluding hydrogens is 396 g/mol. The fraction of sp³-hybridized carbons (Fsp3) is 0.500. The summed E-state index contributed by atoms with van der Waals surface area (Å²) in [6.45, 7) is 7.31. The van der Waals surface area contributed by atoms with Crippen molar-refractivity contribution in [1.82, 2.24) is 0 Å². The molecule has 2 aliphatic heterocycles. The Bertz CT molecular complexity index is 779. The molecule has 2 heterocycles. The minimum Gasteiger partial charge on any atom is -0.405 e. The monoisotopic (exact) mass is 428 g/mol. The van der Waals surface area contributed by atoms with Gasteiger partial charge in [0, 0.05) is 14.2 Å². The van der Waals surface area contributed by atoms with Gasteiger partial charge in [-0.25, -0.2) is 0 Å². The van der Waals surface area contributed by atoms with Crippen LogP contribution >= 0.6 is 0 Å². The first-order valence-corrected chi connectivity index (χ1v) is 12.4. The molecule has 0 amide bonds. The lowest BCUT2D eigenvalue weighted by atomic mass is 10.2. The molecule has 0 N–H and O–H groups in total. The molecule has 0 saturated carbocycles. The summed E-state index contributed by atoms with van der Waals surface area (Å²) in [5, 5.41) is 2.45. The Morgan fingerprint density at radius 1 is 0.833 bits per heavy atom. The van der Waals surface area contributed by atoms with Crippen LogP contribution < -0.4 is 10.4 Å². The van der Waals surface area contributed by atoms with Crippen LogP contribution in [0.25, 0.3) is 0 Å². The lowest BCUT2D eigenvalue weighted by Crippen LogP contribution is -2.67. The Kier molecular flexibility index (Phi) is 6.17. The van der Waals surface area contributed by atoms with Crippen molar-refractivity contribution in [2.45, 2.75) is 56.5 Å². The number of ether oxygens (including phenoxy) is 4. The van der Waals surface area contributed by atoms with E-state index in [2.05, 4.69) is 81.4 Å². The van der Waals surface area contributed by atoms with Gasteiger partial charge in [0.2, 0.25) is 0 Å². The number of fused-ring (bicyclic) bond motifs is 1. The van der Waals surface area contributed by atoms with E-state index in [0.717, 1.165) is 0 Å². The van der Waals surface area contributed by atoms with Crippen molar-refractivity contribution < 1.29 is 23.4 Å². The van der Waals surface area contributed by atoms with Gasteiger partial charge in [-0.1, -0.05) is 81.4 Å². The van der Waals surface area contributed by atoms with Crippen LogP contribution in [0.3, 0.4) is 0 Å². The average molecular weight is 429 g/mol. The third-order valence-electron chi connectivity index (χ3n) is 6.20. The number of methoxy groups -OCH3 is 2. The smallest absolute Gasteiger partial charge is 0.261 e. The van der Waals surface area contributed by atoms with Crippen molar-refractivity contribution in [2.75, 3.05) is 20.8 Å². The fourth-order valence-corrected chi connectivity index (χ4v) is 9.31. The van der Waals surface area contributed by atoms with E-state index in [9.17, 15) is 0 Å². The van der Waals surface area contributed by atoms with Gasteiger partial charge in [-0.3, -0.25) is 0 Å². The molecule has 0 spiro atoms. The minimum absolute atomic E-state index is 0.0163. The second-order valence-electron chi connectivity index (χ2n) is 9.02. The summed E-state index contributed by atoms with van der Waals surface area (Å²) < 4.78 is 30.0. The molecule has 2 aromatic carbocycles. The Morgan fingerprint density at radius 3 is 1.83 bits per heavy atom. The van der Waals surface area contributed by atoms with Crippen molar-refractivity contribution in [1.29, 1.82) is 0 Å². The molecule has 4 atom stereocenters. The number of benzene rings is 2. The molecule has 0 aliphatic carbocycles. The largest absolute Gasteiger partial charge is 0.405 e. The fourth-order valence-electron chi connectivity index (χ4n) is 4.74. The van der Waals surface area contributed by atoms with Gasteiger partial charge >= 0.3 is 0 Å². The van der Waals surface area contributed by atoms with Gasteiger partial charge in [0.1, 0.15) is 24.4 Å². The van der Waals surface area contributed by atoms with Gasteiger partial charge in [0.05, 0.1) is 6.61 Å². The topological polar surface area (TPSA) is 49.5 Å². The molecular formula is C24H32O5Si. The van der Waals surface area contributed by atoms with Gasteiger partial charge in [-0.2, -0.15) is 0 Å². The summed E-state index contributed by atoms with van der Waals surface area (Å²) in [6, 6.07) is 21.3. The van der Waals surface area contributed by atoms with Crippen LogP contribution in [0.1, 0.15) is 20.8 Å². The molecule has 5 nitrogen and oxygen atoms in total. The van der Waals surface area contributed by atoms with Crippen LogP contribution in [-0.2, 0) is 23.4 Å². The van der Waals surface area contributed by atoms with Crippen LogP contribution in [0.4, 0.5) is 0 Å². The molecule has 30 heavy (non-hydrogen) atoms. The van der Waals surface area contributed by atoms with Crippen molar-refractivity contribution in [2.24, 2.45) is 0 Å². The highest BCUT2D eigenvalue weighted by molar-refractivity contribution is 6.99. The van der Waals surface area contributed by atoms with Crippen molar-refractivity contribution in [3.05, 3.63) is 60.7 Å². The molecule has 0 radical (unpaired) electrons. The van der Waals surface area contributed by atoms with E-state index in [4.69, 9.17) is 23.4 Å². The maximum absolute atomic E-state index is 6.99. The molecule has 2 aromatic rings. The zero-order chi connectivity index (χ0) is 21.4. The first kappa shape index (κ1) is 21.7. The quantitative estimate of drug-likeness (QED) is 0.368. The SMILES string of the molecule is COC(OC)[C@@H]1O[C@@H](CO[Si](c2ccccc2)(c2ccccc2)C(C)(C)C)[C@H]2O[C@H]21. The molecule has 162 valence electrons. The van der Waals surface area contributed by atoms with E-state index in [1.807, 2.05) is 0 Å². The zero-order valence-electron chi connectivity index (χ0n) is 18.4. The molecule has 0 unspecified atom stereocenters. The second-order valence-corrected chi connectivity index (χ2v) is 13.3. The number of hydrogen-bond acceptors (Lipinski definition) is 5. The highest BCUT2D eigenvalue weighted by atomic mass is 28.4. The molecule has 2 saturated heterocycles. The predicted molar refractivity (Wildman–Crippen MR) is 119 cm³/mol. The van der Waals surface area contributed by atoms with E-state index >= 15 is 0 Å². The van der Waals surface area contributed by atoms with Crippen LogP contribution in [0.2, 0.25) is 5.04 Å². The highest BCUT2D eigenvalue weighted by Crippen LogP contribution is 2.43. The Morgan fingerprint density at radius 2 is 1.37 bits per heavy atom. The lowest BCUT2D eigenvalue weighted by Gasteiger charge is -2.43. The van der Waals surface area contributed by atoms with Crippen LogP contribution in [0.5, 0.6) is 0 Å². The van der Waals surface area contributed by atoms with Gasteiger partial charge in [0.25, 0.3) is 8.32 Å². The van der Waals surface area contributed by atoms with E-state index in [1.165, 1.54) is 10.4 Å². The average Bonchev–Trinajstić information content (AvgIpc) is 3.47. The first-order valence-electron chi connectivity index (χ1n) is 10.5. The number of hydrogen-bond donors (Lipinski definition) is 0. The maximum Gasteiger partial charge on any atom is 0.261 e. The summed E-state index contributed by atoms with van der Waals surface area (Å²) in [5.41, 5.74) is 0. The summed E-state index contributed by atoms with van der Waals surface area (Å²) >= 11 is 0. The Labute approximate surface area is 180 Å². The molecule has 0 bridgehead atoms. The molecule has 6 heteroatoms. The summed E-state index contributed by atoms with van der Waals surface area (Å²) in [4.78, 5) is 0. The van der Waals surface area contributed by atoms with Gasteiger partial charge < -0.3 is 23.4 Å². The van der Waals surface area contributed by atoms with Gasteiger partial charge in [-0.05, 0) is 15.4 Å². The highest BCUT2D eigenvalue weighted by Gasteiger charge is 2.61. The summed E-state index contributed by atoms with van der Waals surface area (Å²) in [5.74, 6) is 0. The second kappa shape index (κ2) is 8.53. The molecule has 2 aliphatic rings. The minimum atomic E-state index is -2.59. The third-order valence-corrected chi connectivity index (χ3v) is 11.2. The number of epoxide rings is 1. The Balaban J connectivity index is 1.64. The predicted octanol–water partition coefficient (Wildman–Crippen LogP) is 2.72. The zero-order valence-corrected chi connectivity index (χ0v) is 19.4. The summed E-state index contributed by atoms with van der Waals surface area (Å²) in [6.07, 6.45) is -0.728. The van der Waals surface area contributed by atoms with Gasteiger partial charge in [-0.15, -0.1) is 0 Å². The van der Waals surface area contributed by atoms with E-state index < -0.39 is 14.6 Å². The van der Waals surface area contributed by atoms with Crippen LogP contribution in [0.15, 0.2) is 60.7 Å². The van der Waals surface area contributed by atoms with E-state index in [1.54, 1.807) is 14.2 Å². The Hall–Kier alpha value is -1.54. The summed E-state index contributed by atoms with van der Waals surface area (Å²) in [7, 11) is 0.660.